The van der Waals surface area contributed by atoms with Gasteiger partial charge in [-0.2, -0.15) is 0 Å². The fourth-order valence-electron chi connectivity index (χ4n) is 1.98. The van der Waals surface area contributed by atoms with Crippen molar-refractivity contribution in [1.29, 1.82) is 0 Å². The van der Waals surface area contributed by atoms with E-state index < -0.39 is 15.6 Å². The van der Waals surface area contributed by atoms with E-state index >= 15 is 0 Å². The van der Waals surface area contributed by atoms with Crippen LogP contribution in [-0.2, 0) is 14.6 Å². The molecule has 0 aromatic heterocycles. The first kappa shape index (κ1) is 12.4. The lowest BCUT2D eigenvalue weighted by Crippen LogP contribution is -2.44. The molecule has 1 aliphatic heterocycles. The zero-order valence-electron chi connectivity index (χ0n) is 9.14. The molecule has 0 aliphatic carbocycles. The maximum atomic E-state index is 11.7. The summed E-state index contributed by atoms with van der Waals surface area (Å²) in [6.07, 6.45) is 1.97. The first-order chi connectivity index (χ1) is 6.85. The van der Waals surface area contributed by atoms with Gasteiger partial charge in [-0.15, -0.1) is 0 Å². The average molecular weight is 234 g/mol. The van der Waals surface area contributed by atoms with Gasteiger partial charge in [-0.05, 0) is 12.3 Å². The summed E-state index contributed by atoms with van der Waals surface area (Å²) in [5.41, 5.74) is 5.57. The van der Waals surface area contributed by atoms with E-state index in [4.69, 9.17) is 5.73 Å². The normalized spacial score (nSPS) is 27.0. The number of likely N-dealkylation sites (tertiary alicyclic amines) is 1. The number of hydrogen-bond acceptors (Lipinski definition) is 4. The highest BCUT2D eigenvalue weighted by Crippen LogP contribution is 2.23. The zero-order chi connectivity index (χ0) is 11.6. The quantitative estimate of drug-likeness (QED) is 0.695. The van der Waals surface area contributed by atoms with E-state index in [1.165, 1.54) is 0 Å². The SMILES string of the molecule is CC1CCN(C(=O)CS(C)(=O)=O)C1CN. The number of sulfone groups is 1. The van der Waals surface area contributed by atoms with Gasteiger partial charge in [0.05, 0.1) is 0 Å². The lowest BCUT2D eigenvalue weighted by Gasteiger charge is -2.25. The third kappa shape index (κ3) is 3.17. The van der Waals surface area contributed by atoms with Crippen molar-refractivity contribution in [2.75, 3.05) is 25.1 Å². The summed E-state index contributed by atoms with van der Waals surface area (Å²) in [6, 6.07) is -0.000694. The minimum absolute atomic E-state index is 0.000694. The number of nitrogens with two attached hydrogens (primary N) is 1. The van der Waals surface area contributed by atoms with Crippen molar-refractivity contribution in [3.8, 4) is 0 Å². The van der Waals surface area contributed by atoms with Crippen LogP contribution in [0.2, 0.25) is 0 Å². The molecule has 0 aromatic rings. The van der Waals surface area contributed by atoms with E-state index in [-0.39, 0.29) is 11.9 Å². The lowest BCUT2D eigenvalue weighted by atomic mass is 10.0. The van der Waals surface area contributed by atoms with Crippen LogP contribution in [0.5, 0.6) is 0 Å². The van der Waals surface area contributed by atoms with Crippen LogP contribution in [0.25, 0.3) is 0 Å². The van der Waals surface area contributed by atoms with E-state index in [1.54, 1.807) is 4.90 Å². The number of carbonyl (C=O) groups is 1. The molecule has 1 amide bonds. The van der Waals surface area contributed by atoms with Crippen LogP contribution >= 0.6 is 0 Å². The summed E-state index contributed by atoms with van der Waals surface area (Å²) in [5, 5.41) is 0. The fraction of sp³-hybridized carbons (Fsp3) is 0.889. The van der Waals surface area contributed by atoms with Gasteiger partial charge < -0.3 is 10.6 Å². The molecule has 1 heterocycles. The highest BCUT2D eigenvalue weighted by molar-refractivity contribution is 7.91. The minimum Gasteiger partial charge on any atom is -0.337 e. The van der Waals surface area contributed by atoms with Crippen molar-refractivity contribution in [3.63, 3.8) is 0 Å². The minimum atomic E-state index is -3.24. The van der Waals surface area contributed by atoms with E-state index in [2.05, 4.69) is 0 Å². The molecule has 1 rings (SSSR count). The average Bonchev–Trinajstić information content (AvgIpc) is 2.43. The maximum absolute atomic E-state index is 11.7. The molecule has 0 radical (unpaired) electrons. The van der Waals surface area contributed by atoms with Gasteiger partial charge in [0.1, 0.15) is 5.75 Å². The second-order valence-electron chi connectivity index (χ2n) is 4.23. The van der Waals surface area contributed by atoms with Gasteiger partial charge in [0.2, 0.25) is 5.91 Å². The predicted octanol–water partition coefficient (Wildman–Crippen LogP) is -0.773. The zero-order valence-corrected chi connectivity index (χ0v) is 9.96. The van der Waals surface area contributed by atoms with Crippen molar-refractivity contribution < 1.29 is 13.2 Å². The molecule has 5 nitrogen and oxygen atoms in total. The molecule has 0 aromatic carbocycles. The van der Waals surface area contributed by atoms with Crippen molar-refractivity contribution in [2.24, 2.45) is 11.7 Å². The predicted molar refractivity (Wildman–Crippen MR) is 58.0 cm³/mol. The van der Waals surface area contributed by atoms with Crippen LogP contribution in [0, 0.1) is 5.92 Å². The number of rotatable bonds is 3. The van der Waals surface area contributed by atoms with Crippen LogP contribution in [0.3, 0.4) is 0 Å². The highest BCUT2D eigenvalue weighted by Gasteiger charge is 2.34. The van der Waals surface area contributed by atoms with Crippen LogP contribution in [0.1, 0.15) is 13.3 Å². The molecule has 88 valence electrons. The summed E-state index contributed by atoms with van der Waals surface area (Å²) in [4.78, 5) is 13.3. The van der Waals surface area contributed by atoms with Crippen LogP contribution in [-0.4, -0.2) is 50.4 Å². The second kappa shape index (κ2) is 4.49. The molecule has 0 spiro atoms. The third-order valence-corrected chi connectivity index (χ3v) is 3.60. The number of carbonyl (C=O) groups excluding carboxylic acids is 1. The third-order valence-electron chi connectivity index (χ3n) is 2.83. The Bertz CT molecular complexity index is 339. The molecule has 0 bridgehead atoms. The molecule has 6 heteroatoms. The van der Waals surface area contributed by atoms with Crippen LogP contribution in [0.4, 0.5) is 0 Å². The second-order valence-corrected chi connectivity index (χ2v) is 6.37. The van der Waals surface area contributed by atoms with E-state index in [0.717, 1.165) is 12.7 Å². The molecule has 2 unspecified atom stereocenters. The molecular formula is C9H18N2O3S. The summed E-state index contributed by atoms with van der Waals surface area (Å²) < 4.78 is 22.0. The highest BCUT2D eigenvalue weighted by atomic mass is 32.2. The number of amides is 1. The smallest absolute Gasteiger partial charge is 0.238 e. The standard InChI is InChI=1S/C9H18N2O3S/c1-7-3-4-11(8(7)5-10)9(12)6-15(2,13)14/h7-8H,3-6,10H2,1-2H3. The molecule has 1 aliphatic rings. The lowest BCUT2D eigenvalue weighted by molar-refractivity contribution is -0.129. The van der Waals surface area contributed by atoms with E-state index in [1.807, 2.05) is 6.92 Å². The first-order valence-electron chi connectivity index (χ1n) is 5.02. The van der Waals surface area contributed by atoms with Crippen molar-refractivity contribution in [2.45, 2.75) is 19.4 Å². The topological polar surface area (TPSA) is 80.5 Å². The molecular weight excluding hydrogens is 216 g/mol. The van der Waals surface area contributed by atoms with Gasteiger partial charge in [0.25, 0.3) is 0 Å². The Morgan fingerprint density at radius 3 is 2.60 bits per heavy atom. The van der Waals surface area contributed by atoms with Crippen molar-refractivity contribution in [3.05, 3.63) is 0 Å². The Morgan fingerprint density at radius 2 is 2.13 bits per heavy atom. The monoisotopic (exact) mass is 234 g/mol. The Hall–Kier alpha value is -0.620. The Labute approximate surface area is 90.5 Å². The Morgan fingerprint density at radius 1 is 1.53 bits per heavy atom. The fourth-order valence-corrected chi connectivity index (χ4v) is 2.60. The Balaban J connectivity index is 2.68. The van der Waals surface area contributed by atoms with Crippen molar-refractivity contribution >= 4 is 15.7 Å². The summed E-state index contributed by atoms with van der Waals surface area (Å²) in [7, 11) is -3.24. The molecule has 2 atom stereocenters. The summed E-state index contributed by atoms with van der Waals surface area (Å²) in [6.45, 7) is 3.05. The van der Waals surface area contributed by atoms with Gasteiger partial charge in [-0.3, -0.25) is 4.79 Å². The molecule has 15 heavy (non-hydrogen) atoms. The molecule has 1 saturated heterocycles. The molecule has 2 N–H and O–H groups in total. The largest absolute Gasteiger partial charge is 0.337 e. The van der Waals surface area contributed by atoms with Gasteiger partial charge in [0.15, 0.2) is 9.84 Å². The van der Waals surface area contributed by atoms with Gasteiger partial charge >= 0.3 is 0 Å². The van der Waals surface area contributed by atoms with Crippen LogP contribution in [0.15, 0.2) is 0 Å². The summed E-state index contributed by atoms with van der Waals surface area (Å²) >= 11 is 0. The van der Waals surface area contributed by atoms with Crippen LogP contribution < -0.4 is 5.73 Å². The maximum Gasteiger partial charge on any atom is 0.238 e. The number of hydrogen-bond donors (Lipinski definition) is 1. The van der Waals surface area contributed by atoms with E-state index in [0.29, 0.717) is 19.0 Å². The van der Waals surface area contributed by atoms with Crippen molar-refractivity contribution in [1.82, 2.24) is 4.90 Å². The van der Waals surface area contributed by atoms with Gasteiger partial charge in [-0.25, -0.2) is 8.42 Å². The summed E-state index contributed by atoms with van der Waals surface area (Å²) in [5.74, 6) is -0.369. The van der Waals surface area contributed by atoms with Gasteiger partial charge in [-0.1, -0.05) is 6.92 Å². The first-order valence-corrected chi connectivity index (χ1v) is 7.08. The van der Waals surface area contributed by atoms with E-state index in [9.17, 15) is 13.2 Å². The Kier molecular flexibility index (Phi) is 3.72. The van der Waals surface area contributed by atoms with Gasteiger partial charge in [0, 0.05) is 25.4 Å². The molecule has 0 saturated carbocycles. The number of nitrogens with zero attached hydrogens (tertiary/aromatic N) is 1. The molecule has 1 fully saturated rings.